The van der Waals surface area contributed by atoms with Crippen LogP contribution in [0.1, 0.15) is 213 Å². The Morgan fingerprint density at radius 1 is 0.635 bits per heavy atom. The highest BCUT2D eigenvalue weighted by atomic mass is 31.2. The Labute approximate surface area is 321 Å². The van der Waals surface area contributed by atoms with E-state index in [0.29, 0.717) is 12.8 Å². The summed E-state index contributed by atoms with van der Waals surface area (Å²) in [4.78, 5) is 22.7. The normalized spacial score (nSPS) is 14.3. The van der Waals surface area contributed by atoms with Gasteiger partial charge < -0.3 is 21.1 Å². The Bertz CT molecular complexity index is 871. The lowest BCUT2D eigenvalue weighted by Gasteiger charge is -2.25. The van der Waals surface area contributed by atoms with Gasteiger partial charge >= 0.3 is 7.82 Å². The van der Waals surface area contributed by atoms with E-state index < -0.39 is 20.0 Å². The standard InChI is InChI=1S/C43H85N2O6P/c1-3-5-7-9-11-13-15-17-19-21-22-24-26-28-30-32-34-36-42(46)41(40-51-52(48,49)50-39-38-44)45-43(47)37-35-33-31-29-27-25-23-20-18-16-14-12-10-8-6-4-2/h14,16,20,23,41-42,46H,3-13,15,17-19,21-22,24-40,44H2,1-2H3,(H,45,47)(H,48,49)/b16-14-,23-20-. The Morgan fingerprint density at radius 3 is 1.54 bits per heavy atom. The second-order valence-corrected chi connectivity index (χ2v) is 16.4. The Morgan fingerprint density at radius 2 is 1.06 bits per heavy atom. The van der Waals surface area contributed by atoms with Gasteiger partial charge in [0, 0.05) is 13.0 Å². The van der Waals surface area contributed by atoms with Gasteiger partial charge in [0.2, 0.25) is 5.91 Å². The van der Waals surface area contributed by atoms with E-state index in [1.54, 1.807) is 0 Å². The summed E-state index contributed by atoms with van der Waals surface area (Å²) in [5, 5.41) is 13.8. The number of hydrogen-bond acceptors (Lipinski definition) is 6. The van der Waals surface area contributed by atoms with Crippen LogP contribution in [-0.4, -0.2) is 47.8 Å². The highest BCUT2D eigenvalue weighted by molar-refractivity contribution is 7.47. The summed E-state index contributed by atoms with van der Waals surface area (Å²) < 4.78 is 22.2. The number of unbranched alkanes of at least 4 members (excludes halogenated alkanes) is 25. The molecule has 0 bridgehead atoms. The van der Waals surface area contributed by atoms with Crippen molar-refractivity contribution in [2.45, 2.75) is 225 Å². The SMILES string of the molecule is CCCCCC/C=C\C/C=C\CCCCCCCC(=O)NC(COP(=O)(O)OCCN)C(O)CCCCCCCCCCCCCCCCCCC. The Kier molecular flexibility index (Phi) is 38.9. The summed E-state index contributed by atoms with van der Waals surface area (Å²) in [5.41, 5.74) is 5.38. The third-order valence-corrected chi connectivity index (χ3v) is 10.8. The molecule has 0 aromatic rings. The zero-order valence-electron chi connectivity index (χ0n) is 34.1. The molecule has 3 unspecified atom stereocenters. The van der Waals surface area contributed by atoms with Gasteiger partial charge in [-0.3, -0.25) is 13.8 Å². The minimum Gasteiger partial charge on any atom is -0.391 e. The number of nitrogens with two attached hydrogens (primary N) is 1. The predicted octanol–water partition coefficient (Wildman–Crippen LogP) is 12.2. The molecule has 0 saturated carbocycles. The maximum absolute atomic E-state index is 12.8. The Hall–Kier alpha value is -1.02. The molecule has 308 valence electrons. The van der Waals surface area contributed by atoms with E-state index in [1.807, 2.05) is 0 Å². The summed E-state index contributed by atoms with van der Waals surface area (Å²) in [6.07, 6.45) is 44.6. The first-order valence-electron chi connectivity index (χ1n) is 22.0. The molecule has 0 rings (SSSR count). The molecule has 0 heterocycles. The van der Waals surface area contributed by atoms with Gasteiger partial charge in [-0.2, -0.15) is 0 Å². The lowest BCUT2D eigenvalue weighted by atomic mass is 10.0. The lowest BCUT2D eigenvalue weighted by Crippen LogP contribution is -2.46. The minimum atomic E-state index is -4.32. The number of amides is 1. The van der Waals surface area contributed by atoms with Crippen molar-refractivity contribution in [1.29, 1.82) is 0 Å². The van der Waals surface area contributed by atoms with Gasteiger partial charge in [-0.25, -0.2) is 4.57 Å². The van der Waals surface area contributed by atoms with Crippen LogP contribution >= 0.6 is 7.82 Å². The van der Waals surface area contributed by atoms with Crippen LogP contribution in [0.25, 0.3) is 0 Å². The molecule has 52 heavy (non-hydrogen) atoms. The molecule has 0 spiro atoms. The highest BCUT2D eigenvalue weighted by Crippen LogP contribution is 2.43. The number of phosphoric acid groups is 1. The van der Waals surface area contributed by atoms with Crippen LogP contribution < -0.4 is 11.1 Å². The lowest BCUT2D eigenvalue weighted by molar-refractivity contribution is -0.123. The maximum atomic E-state index is 12.8. The molecule has 0 fully saturated rings. The number of carbonyl (C=O) groups is 1. The van der Waals surface area contributed by atoms with Crippen LogP contribution in [0.3, 0.4) is 0 Å². The van der Waals surface area contributed by atoms with E-state index in [1.165, 1.54) is 122 Å². The van der Waals surface area contributed by atoms with E-state index in [0.717, 1.165) is 64.2 Å². The van der Waals surface area contributed by atoms with Crippen molar-refractivity contribution in [3.8, 4) is 0 Å². The molecule has 5 N–H and O–H groups in total. The van der Waals surface area contributed by atoms with E-state index in [-0.39, 0.29) is 25.7 Å². The number of allylic oxidation sites excluding steroid dienone is 4. The second kappa shape index (κ2) is 39.7. The fraction of sp³-hybridized carbons (Fsp3) is 0.884. The molecule has 0 aromatic heterocycles. The van der Waals surface area contributed by atoms with Crippen molar-refractivity contribution in [3.05, 3.63) is 24.3 Å². The monoisotopic (exact) mass is 757 g/mol. The number of phosphoric ester groups is 1. The first-order chi connectivity index (χ1) is 25.4. The highest BCUT2D eigenvalue weighted by Gasteiger charge is 2.27. The Balaban J connectivity index is 4.18. The number of hydrogen-bond donors (Lipinski definition) is 4. The molecule has 3 atom stereocenters. The van der Waals surface area contributed by atoms with Crippen LogP contribution in [0.2, 0.25) is 0 Å². The zero-order valence-corrected chi connectivity index (χ0v) is 35.0. The third kappa shape index (κ3) is 37.3. The van der Waals surface area contributed by atoms with Crippen LogP contribution in [0.15, 0.2) is 24.3 Å². The molecule has 0 saturated heterocycles. The van der Waals surface area contributed by atoms with Gasteiger partial charge in [-0.1, -0.05) is 186 Å². The fourth-order valence-corrected chi connectivity index (χ4v) is 7.22. The van der Waals surface area contributed by atoms with E-state index in [4.69, 9.17) is 14.8 Å². The van der Waals surface area contributed by atoms with Gasteiger partial charge in [0.25, 0.3) is 0 Å². The maximum Gasteiger partial charge on any atom is 0.472 e. The van der Waals surface area contributed by atoms with Crippen molar-refractivity contribution in [2.75, 3.05) is 19.8 Å². The molecule has 0 aliphatic carbocycles. The molecule has 0 aromatic carbocycles. The van der Waals surface area contributed by atoms with E-state index in [9.17, 15) is 19.4 Å². The van der Waals surface area contributed by atoms with Crippen molar-refractivity contribution in [1.82, 2.24) is 5.32 Å². The molecule has 0 radical (unpaired) electrons. The summed E-state index contributed by atoms with van der Waals surface area (Å²) in [6, 6.07) is -0.779. The largest absolute Gasteiger partial charge is 0.472 e. The fourth-order valence-electron chi connectivity index (χ4n) is 6.46. The van der Waals surface area contributed by atoms with E-state index in [2.05, 4.69) is 43.5 Å². The predicted molar refractivity (Wildman–Crippen MR) is 221 cm³/mol. The van der Waals surface area contributed by atoms with Crippen molar-refractivity contribution in [2.24, 2.45) is 5.73 Å². The van der Waals surface area contributed by atoms with Crippen molar-refractivity contribution >= 4 is 13.7 Å². The molecule has 9 heteroatoms. The second-order valence-electron chi connectivity index (χ2n) is 14.9. The summed E-state index contributed by atoms with van der Waals surface area (Å²) >= 11 is 0. The minimum absolute atomic E-state index is 0.0869. The quantitative estimate of drug-likeness (QED) is 0.0277. The summed E-state index contributed by atoms with van der Waals surface area (Å²) in [7, 11) is -4.32. The molecule has 1 amide bonds. The molecular formula is C43H85N2O6P. The average Bonchev–Trinajstić information content (AvgIpc) is 3.13. The topological polar surface area (TPSA) is 131 Å². The van der Waals surface area contributed by atoms with Crippen molar-refractivity contribution in [3.63, 3.8) is 0 Å². The van der Waals surface area contributed by atoms with Gasteiger partial charge in [0.15, 0.2) is 0 Å². The number of rotatable bonds is 41. The van der Waals surface area contributed by atoms with Crippen LogP contribution in [0.5, 0.6) is 0 Å². The number of nitrogens with one attached hydrogen (secondary N) is 1. The molecular weight excluding hydrogens is 671 g/mol. The van der Waals surface area contributed by atoms with Gasteiger partial charge in [0.1, 0.15) is 0 Å². The molecule has 0 aliphatic rings. The van der Waals surface area contributed by atoms with Gasteiger partial charge in [-0.15, -0.1) is 0 Å². The first-order valence-corrected chi connectivity index (χ1v) is 23.4. The van der Waals surface area contributed by atoms with E-state index >= 15 is 0 Å². The number of aliphatic hydroxyl groups is 1. The summed E-state index contributed by atoms with van der Waals surface area (Å²) in [5.74, 6) is -0.174. The molecule has 8 nitrogen and oxygen atoms in total. The van der Waals surface area contributed by atoms with Crippen LogP contribution in [-0.2, 0) is 18.4 Å². The molecule has 0 aliphatic heterocycles. The van der Waals surface area contributed by atoms with Crippen molar-refractivity contribution < 1.29 is 28.4 Å². The van der Waals surface area contributed by atoms with Crippen LogP contribution in [0, 0.1) is 0 Å². The summed E-state index contributed by atoms with van der Waals surface area (Å²) in [6.45, 7) is 4.19. The smallest absolute Gasteiger partial charge is 0.391 e. The number of aliphatic hydroxyl groups excluding tert-OH is 1. The number of carbonyl (C=O) groups excluding carboxylic acids is 1. The van der Waals surface area contributed by atoms with Crippen LogP contribution in [0.4, 0.5) is 0 Å². The van der Waals surface area contributed by atoms with Gasteiger partial charge in [0.05, 0.1) is 25.4 Å². The average molecular weight is 757 g/mol. The van der Waals surface area contributed by atoms with Gasteiger partial charge in [-0.05, 0) is 44.9 Å². The first kappa shape index (κ1) is 51.0. The third-order valence-electron chi connectivity index (χ3n) is 9.81. The zero-order chi connectivity index (χ0) is 38.2.